The van der Waals surface area contributed by atoms with Crippen LogP contribution >= 0.6 is 0 Å². The lowest BCUT2D eigenvalue weighted by Gasteiger charge is -2.10. The maximum atomic E-state index is 12.3. The number of benzene rings is 2. The number of carbonyl (C=O) groups is 1. The molecule has 5 heteroatoms. The van der Waals surface area contributed by atoms with Crippen molar-refractivity contribution in [3.05, 3.63) is 66.1 Å². The van der Waals surface area contributed by atoms with Crippen molar-refractivity contribution < 1.29 is 13.9 Å². The van der Waals surface area contributed by atoms with Gasteiger partial charge >= 0.3 is 0 Å². The Hall–Kier alpha value is -2.95. The summed E-state index contributed by atoms with van der Waals surface area (Å²) < 4.78 is 10.7. The van der Waals surface area contributed by atoms with Crippen LogP contribution < -0.4 is 4.74 Å². The first-order valence-corrected chi connectivity index (χ1v) is 8.30. The second-order valence-corrected chi connectivity index (χ2v) is 5.91. The molecule has 128 valence electrons. The molecule has 0 spiro atoms. The molecule has 25 heavy (non-hydrogen) atoms. The minimum absolute atomic E-state index is 0.00256. The first kappa shape index (κ1) is 16.9. The molecule has 0 radical (unpaired) electrons. The molecule has 5 nitrogen and oxygen atoms in total. The van der Waals surface area contributed by atoms with Gasteiger partial charge in [0, 0.05) is 11.1 Å². The monoisotopic (exact) mass is 336 g/mol. The Morgan fingerprint density at radius 1 is 1.12 bits per heavy atom. The number of Topliss-reactive ketones (excluding diaryl/α,β-unsaturated/α-hetero) is 1. The molecular weight excluding hydrogens is 316 g/mol. The van der Waals surface area contributed by atoms with E-state index in [4.69, 9.17) is 9.15 Å². The van der Waals surface area contributed by atoms with Crippen molar-refractivity contribution in [2.75, 3.05) is 6.61 Å². The van der Waals surface area contributed by atoms with Gasteiger partial charge in [-0.2, -0.15) is 0 Å². The van der Waals surface area contributed by atoms with E-state index in [-0.39, 0.29) is 12.4 Å². The summed E-state index contributed by atoms with van der Waals surface area (Å²) in [5, 5.41) is 7.49. The van der Waals surface area contributed by atoms with Gasteiger partial charge < -0.3 is 9.15 Å². The van der Waals surface area contributed by atoms with Gasteiger partial charge in [0.25, 0.3) is 0 Å². The number of carbonyl (C=O) groups excluding carboxylic acids is 1. The predicted molar refractivity (Wildman–Crippen MR) is 94.7 cm³/mol. The highest BCUT2D eigenvalue weighted by molar-refractivity contribution is 5.97. The van der Waals surface area contributed by atoms with Crippen LogP contribution in [0.1, 0.15) is 42.1 Å². The molecule has 0 N–H and O–H groups in total. The minimum atomic E-state index is -0.0447. The smallest absolute Gasteiger partial charge is 0.247 e. The van der Waals surface area contributed by atoms with Crippen LogP contribution in [0, 0.1) is 0 Å². The van der Waals surface area contributed by atoms with Crippen molar-refractivity contribution in [1.29, 1.82) is 0 Å². The van der Waals surface area contributed by atoms with Crippen molar-refractivity contribution in [2.45, 2.75) is 26.2 Å². The largest absolute Gasteiger partial charge is 0.485 e. The normalized spacial score (nSPS) is 11.9. The number of hydrogen-bond donors (Lipinski definition) is 0. The Morgan fingerprint density at radius 3 is 2.44 bits per heavy atom. The molecule has 0 fully saturated rings. The Bertz CT molecular complexity index is 809. The summed E-state index contributed by atoms with van der Waals surface area (Å²) in [4.78, 5) is 12.3. The molecular formula is C20H20N2O3. The summed E-state index contributed by atoms with van der Waals surface area (Å²) in [6, 6.07) is 14.9. The molecule has 0 aliphatic heterocycles. The minimum Gasteiger partial charge on any atom is -0.485 e. The molecule has 0 aliphatic rings. The summed E-state index contributed by atoms with van der Waals surface area (Å²) in [7, 11) is 0. The summed E-state index contributed by atoms with van der Waals surface area (Å²) in [6.45, 7) is 4.34. The van der Waals surface area contributed by atoms with Crippen LogP contribution in [0.3, 0.4) is 0 Å². The van der Waals surface area contributed by atoms with Crippen molar-refractivity contribution in [1.82, 2.24) is 10.2 Å². The zero-order chi connectivity index (χ0) is 17.6. The van der Waals surface area contributed by atoms with Crippen molar-refractivity contribution >= 4 is 5.78 Å². The summed E-state index contributed by atoms with van der Waals surface area (Å²) in [5.41, 5.74) is 2.71. The van der Waals surface area contributed by atoms with Crippen molar-refractivity contribution in [3.63, 3.8) is 0 Å². The number of aromatic nitrogens is 2. The highest BCUT2D eigenvalue weighted by Gasteiger charge is 2.09. The number of ketones is 1. The van der Waals surface area contributed by atoms with E-state index in [1.165, 1.54) is 12.0 Å². The Balaban J connectivity index is 1.58. The fourth-order valence-electron chi connectivity index (χ4n) is 2.46. The summed E-state index contributed by atoms with van der Waals surface area (Å²) >= 11 is 0. The third-order valence-corrected chi connectivity index (χ3v) is 4.25. The first-order valence-electron chi connectivity index (χ1n) is 8.30. The molecule has 1 aromatic heterocycles. The van der Waals surface area contributed by atoms with Crippen LogP contribution in [-0.4, -0.2) is 22.6 Å². The van der Waals surface area contributed by atoms with Crippen molar-refractivity contribution in [3.8, 4) is 17.2 Å². The van der Waals surface area contributed by atoms with Crippen LogP contribution in [0.4, 0.5) is 0 Å². The predicted octanol–water partition coefficient (Wildman–Crippen LogP) is 4.51. The maximum absolute atomic E-state index is 12.3. The molecule has 0 amide bonds. The molecule has 0 bridgehead atoms. The molecule has 3 rings (SSSR count). The first-order chi connectivity index (χ1) is 12.2. The Morgan fingerprint density at radius 2 is 1.84 bits per heavy atom. The van der Waals surface area contributed by atoms with E-state index >= 15 is 0 Å². The molecule has 0 aliphatic carbocycles. The molecule has 3 aromatic rings. The molecule has 2 aromatic carbocycles. The second kappa shape index (κ2) is 7.75. The van der Waals surface area contributed by atoms with Gasteiger partial charge in [0.1, 0.15) is 5.75 Å². The highest BCUT2D eigenvalue weighted by atomic mass is 16.5. The van der Waals surface area contributed by atoms with E-state index in [0.717, 1.165) is 12.0 Å². The van der Waals surface area contributed by atoms with E-state index < -0.39 is 0 Å². The lowest BCUT2D eigenvalue weighted by molar-refractivity contribution is 0.0921. The van der Waals surface area contributed by atoms with Crippen molar-refractivity contribution in [2.24, 2.45) is 0 Å². The molecule has 1 unspecified atom stereocenters. The fraction of sp³-hybridized carbons (Fsp3) is 0.250. The maximum Gasteiger partial charge on any atom is 0.247 e. The lowest BCUT2D eigenvalue weighted by Crippen LogP contribution is -2.11. The van der Waals surface area contributed by atoms with Crippen LogP contribution in [0.25, 0.3) is 11.5 Å². The third kappa shape index (κ3) is 4.12. The highest BCUT2D eigenvalue weighted by Crippen LogP contribution is 2.21. The number of hydrogen-bond acceptors (Lipinski definition) is 5. The van der Waals surface area contributed by atoms with Crippen LogP contribution in [0.15, 0.2) is 59.3 Å². The van der Waals surface area contributed by atoms with Gasteiger partial charge in [0.05, 0.1) is 0 Å². The molecule has 0 saturated carbocycles. The van der Waals surface area contributed by atoms with Gasteiger partial charge in [-0.15, -0.1) is 10.2 Å². The SMILES string of the molecule is CCC(C)c1ccc(C(=O)COc2ccc(-c3nnco3)cc2)cc1. The van der Waals surface area contributed by atoms with E-state index in [2.05, 4.69) is 24.0 Å². The van der Waals surface area contributed by atoms with Gasteiger partial charge in [0.2, 0.25) is 12.3 Å². The fourth-order valence-corrected chi connectivity index (χ4v) is 2.46. The van der Waals surface area contributed by atoms with E-state index in [1.807, 2.05) is 36.4 Å². The number of ether oxygens (including phenoxy) is 1. The molecule has 0 saturated heterocycles. The van der Waals surface area contributed by atoms with Gasteiger partial charge in [-0.05, 0) is 42.2 Å². The third-order valence-electron chi connectivity index (χ3n) is 4.25. The number of nitrogens with zero attached hydrogens (tertiary/aromatic N) is 2. The summed E-state index contributed by atoms with van der Waals surface area (Å²) in [6.07, 6.45) is 2.36. The zero-order valence-electron chi connectivity index (χ0n) is 14.3. The second-order valence-electron chi connectivity index (χ2n) is 5.91. The standard InChI is InChI=1S/C20H20N2O3/c1-3-14(2)15-4-6-16(7-5-15)19(23)12-24-18-10-8-17(9-11-18)20-22-21-13-25-20/h4-11,13-14H,3,12H2,1-2H3. The average molecular weight is 336 g/mol. The number of rotatable bonds is 7. The van der Waals surface area contributed by atoms with E-state index in [0.29, 0.717) is 23.1 Å². The van der Waals surface area contributed by atoms with Gasteiger partial charge in [-0.1, -0.05) is 38.1 Å². The Kier molecular flexibility index (Phi) is 5.23. The van der Waals surface area contributed by atoms with Crippen LogP contribution in [0.5, 0.6) is 5.75 Å². The molecule has 1 heterocycles. The summed E-state index contributed by atoms with van der Waals surface area (Å²) in [5.74, 6) is 1.52. The van der Waals surface area contributed by atoms with E-state index in [1.54, 1.807) is 12.1 Å². The lowest BCUT2D eigenvalue weighted by atomic mass is 9.97. The van der Waals surface area contributed by atoms with E-state index in [9.17, 15) is 4.79 Å². The van der Waals surface area contributed by atoms with Gasteiger partial charge in [-0.3, -0.25) is 4.79 Å². The molecule has 1 atom stereocenters. The van der Waals surface area contributed by atoms with Gasteiger partial charge in [0.15, 0.2) is 12.4 Å². The Labute approximate surface area is 146 Å². The quantitative estimate of drug-likeness (QED) is 0.594. The average Bonchev–Trinajstić information content (AvgIpc) is 3.21. The zero-order valence-corrected chi connectivity index (χ0v) is 14.3. The van der Waals surface area contributed by atoms with Gasteiger partial charge in [-0.25, -0.2) is 0 Å². The van der Waals surface area contributed by atoms with Crippen LogP contribution in [-0.2, 0) is 0 Å². The van der Waals surface area contributed by atoms with Crippen LogP contribution in [0.2, 0.25) is 0 Å². The topological polar surface area (TPSA) is 65.2 Å².